The fourth-order valence-corrected chi connectivity index (χ4v) is 8.22. The summed E-state index contributed by atoms with van der Waals surface area (Å²) >= 11 is 0. The lowest BCUT2D eigenvalue weighted by Crippen LogP contribution is -2.45. The van der Waals surface area contributed by atoms with E-state index in [4.69, 9.17) is 4.74 Å². The zero-order valence-corrected chi connectivity index (χ0v) is 39.7. The van der Waals surface area contributed by atoms with Crippen LogP contribution in [0.2, 0.25) is 0 Å². The van der Waals surface area contributed by atoms with Crippen LogP contribution in [0.15, 0.2) is 12.2 Å². The van der Waals surface area contributed by atoms with Crippen molar-refractivity contribution in [1.29, 1.82) is 0 Å². The van der Waals surface area contributed by atoms with Gasteiger partial charge in [0.1, 0.15) is 0 Å². The molecule has 59 heavy (non-hydrogen) atoms. The molecular formula is C53H103NO5. The molecule has 0 spiro atoms. The first kappa shape index (κ1) is 57.6. The minimum Gasteiger partial charge on any atom is -0.466 e. The maximum Gasteiger partial charge on any atom is 0.305 e. The number of nitrogens with one attached hydrogen (secondary N) is 1. The van der Waals surface area contributed by atoms with Crippen molar-refractivity contribution in [1.82, 2.24) is 5.32 Å². The highest BCUT2D eigenvalue weighted by molar-refractivity contribution is 5.76. The number of allylic oxidation sites excluding steroid dienone is 2. The summed E-state index contributed by atoms with van der Waals surface area (Å²) in [6.45, 7) is 4.92. The smallest absolute Gasteiger partial charge is 0.305 e. The largest absolute Gasteiger partial charge is 0.466 e. The molecule has 0 heterocycles. The molecule has 0 bridgehead atoms. The van der Waals surface area contributed by atoms with E-state index >= 15 is 0 Å². The van der Waals surface area contributed by atoms with E-state index in [1.807, 2.05) is 0 Å². The fourth-order valence-electron chi connectivity index (χ4n) is 8.22. The summed E-state index contributed by atoms with van der Waals surface area (Å²) in [5.74, 6) is -0.0526. The van der Waals surface area contributed by atoms with Gasteiger partial charge in [-0.05, 0) is 51.4 Å². The van der Waals surface area contributed by atoms with Crippen LogP contribution in [0.25, 0.3) is 0 Å². The Balaban J connectivity index is 3.42. The Morgan fingerprint density at radius 1 is 0.458 bits per heavy atom. The third kappa shape index (κ3) is 45.9. The number of unbranched alkanes of at least 4 members (excludes halogenated alkanes) is 36. The SMILES string of the molecule is CCCCCCCCCCCCCCCCCCC(=O)OCCCCCCCCC/C=C\CCCCCCCC(=O)NC(CO)C(O)CCCCCCCCCCCC. The molecule has 350 valence electrons. The van der Waals surface area contributed by atoms with E-state index in [1.165, 1.54) is 193 Å². The maximum atomic E-state index is 12.4. The molecule has 0 aliphatic carbocycles. The van der Waals surface area contributed by atoms with Gasteiger partial charge in [-0.15, -0.1) is 0 Å². The van der Waals surface area contributed by atoms with E-state index in [1.54, 1.807) is 0 Å². The fraction of sp³-hybridized carbons (Fsp3) is 0.925. The van der Waals surface area contributed by atoms with Gasteiger partial charge < -0.3 is 20.3 Å². The van der Waals surface area contributed by atoms with Gasteiger partial charge in [-0.25, -0.2) is 0 Å². The minimum atomic E-state index is -0.672. The van der Waals surface area contributed by atoms with Gasteiger partial charge in [-0.3, -0.25) is 9.59 Å². The normalized spacial score (nSPS) is 12.7. The number of hydrogen-bond donors (Lipinski definition) is 3. The van der Waals surface area contributed by atoms with Crippen LogP contribution in [0.4, 0.5) is 0 Å². The Kier molecular flexibility index (Phi) is 48.1. The second-order valence-corrected chi connectivity index (χ2v) is 18.2. The number of carbonyl (C=O) groups is 2. The molecule has 0 aromatic heterocycles. The topological polar surface area (TPSA) is 95.9 Å². The lowest BCUT2D eigenvalue weighted by Gasteiger charge is -2.22. The van der Waals surface area contributed by atoms with E-state index in [-0.39, 0.29) is 18.5 Å². The molecule has 0 rings (SSSR count). The highest BCUT2D eigenvalue weighted by Gasteiger charge is 2.20. The first-order valence-corrected chi connectivity index (χ1v) is 26.4. The van der Waals surface area contributed by atoms with E-state index < -0.39 is 12.1 Å². The molecule has 6 heteroatoms. The molecule has 0 aromatic carbocycles. The second kappa shape index (κ2) is 49.3. The van der Waals surface area contributed by atoms with E-state index in [9.17, 15) is 19.8 Å². The predicted octanol–water partition coefficient (Wildman–Crippen LogP) is 15.7. The first-order chi connectivity index (χ1) is 29.0. The Bertz CT molecular complexity index is 878. The summed E-state index contributed by atoms with van der Waals surface area (Å²) in [6, 6.07) is -0.551. The van der Waals surface area contributed by atoms with Crippen LogP contribution >= 0.6 is 0 Å². The number of esters is 1. The predicted molar refractivity (Wildman–Crippen MR) is 255 cm³/mol. The van der Waals surface area contributed by atoms with Gasteiger partial charge in [-0.2, -0.15) is 0 Å². The van der Waals surface area contributed by atoms with Crippen molar-refractivity contribution in [3.63, 3.8) is 0 Å². The number of rotatable bonds is 49. The second-order valence-electron chi connectivity index (χ2n) is 18.2. The Hall–Kier alpha value is -1.40. The quantitative estimate of drug-likeness (QED) is 0.0322. The number of aliphatic hydroxyl groups is 2. The standard InChI is InChI=1S/C53H103NO5/c1-3-5-7-9-11-13-15-16-17-21-24-27-31-35-39-43-47-53(58)59-48-44-40-36-32-28-25-22-19-18-20-23-26-30-34-38-42-46-52(57)54-50(49-55)51(56)45-41-37-33-29-14-12-10-8-6-4-2/h18,20,50-51,55-56H,3-17,19,21-49H2,1-2H3,(H,54,57)/b20-18-. The van der Waals surface area contributed by atoms with Crippen LogP contribution in [0.1, 0.15) is 290 Å². The van der Waals surface area contributed by atoms with Crippen molar-refractivity contribution < 1.29 is 24.5 Å². The molecule has 0 fully saturated rings. The van der Waals surface area contributed by atoms with E-state index in [0.717, 1.165) is 64.2 Å². The highest BCUT2D eigenvalue weighted by atomic mass is 16.5. The molecule has 0 aliphatic rings. The molecule has 0 radical (unpaired) electrons. The Morgan fingerprint density at radius 2 is 0.797 bits per heavy atom. The van der Waals surface area contributed by atoms with Crippen LogP contribution in [0.5, 0.6) is 0 Å². The van der Waals surface area contributed by atoms with Gasteiger partial charge in [0.25, 0.3) is 0 Å². The van der Waals surface area contributed by atoms with Crippen LogP contribution in [-0.2, 0) is 14.3 Å². The van der Waals surface area contributed by atoms with Crippen LogP contribution in [-0.4, -0.2) is 47.4 Å². The van der Waals surface area contributed by atoms with Gasteiger partial charge in [0.2, 0.25) is 5.91 Å². The third-order valence-corrected chi connectivity index (χ3v) is 12.3. The number of amides is 1. The van der Waals surface area contributed by atoms with Gasteiger partial charge in [-0.1, -0.05) is 238 Å². The van der Waals surface area contributed by atoms with Crippen molar-refractivity contribution in [3.8, 4) is 0 Å². The van der Waals surface area contributed by atoms with Gasteiger partial charge in [0, 0.05) is 12.8 Å². The number of ether oxygens (including phenoxy) is 1. The van der Waals surface area contributed by atoms with Gasteiger partial charge in [0.15, 0.2) is 0 Å². The van der Waals surface area contributed by atoms with Crippen LogP contribution in [0.3, 0.4) is 0 Å². The first-order valence-electron chi connectivity index (χ1n) is 26.4. The van der Waals surface area contributed by atoms with Crippen molar-refractivity contribution in [2.75, 3.05) is 13.2 Å². The van der Waals surface area contributed by atoms with Crippen LogP contribution in [0, 0.1) is 0 Å². The number of carbonyl (C=O) groups excluding carboxylic acids is 2. The molecule has 0 aromatic rings. The molecule has 0 saturated carbocycles. The summed E-state index contributed by atoms with van der Waals surface area (Å²) in [7, 11) is 0. The van der Waals surface area contributed by atoms with Gasteiger partial charge >= 0.3 is 5.97 Å². The van der Waals surface area contributed by atoms with Gasteiger partial charge in [0.05, 0.1) is 25.4 Å². The average molecular weight is 834 g/mol. The number of hydrogen-bond acceptors (Lipinski definition) is 5. The summed E-state index contributed by atoms with van der Waals surface area (Å²) in [4.78, 5) is 24.4. The zero-order chi connectivity index (χ0) is 43.0. The minimum absolute atomic E-state index is 0.000562. The molecular weight excluding hydrogens is 731 g/mol. The Labute approximate surface area is 368 Å². The maximum absolute atomic E-state index is 12.4. The lowest BCUT2D eigenvalue weighted by molar-refractivity contribution is -0.143. The monoisotopic (exact) mass is 834 g/mol. The number of aliphatic hydroxyl groups excluding tert-OH is 2. The summed E-state index contributed by atoms with van der Waals surface area (Å²) in [5, 5.41) is 23.1. The van der Waals surface area contributed by atoms with E-state index in [0.29, 0.717) is 25.9 Å². The lowest BCUT2D eigenvalue weighted by atomic mass is 10.0. The molecule has 2 unspecified atom stereocenters. The Morgan fingerprint density at radius 3 is 1.20 bits per heavy atom. The summed E-state index contributed by atoms with van der Waals surface area (Å²) in [6.07, 6.45) is 56.2. The molecule has 6 nitrogen and oxygen atoms in total. The van der Waals surface area contributed by atoms with Crippen molar-refractivity contribution in [2.24, 2.45) is 0 Å². The third-order valence-electron chi connectivity index (χ3n) is 12.3. The molecule has 2 atom stereocenters. The highest BCUT2D eigenvalue weighted by Crippen LogP contribution is 2.16. The van der Waals surface area contributed by atoms with Crippen LogP contribution < -0.4 is 5.32 Å². The summed E-state index contributed by atoms with van der Waals surface area (Å²) < 4.78 is 5.47. The van der Waals surface area contributed by atoms with Crippen molar-refractivity contribution in [3.05, 3.63) is 12.2 Å². The molecule has 3 N–H and O–H groups in total. The molecule has 1 amide bonds. The average Bonchev–Trinajstić information content (AvgIpc) is 3.24. The summed E-state index contributed by atoms with van der Waals surface area (Å²) in [5.41, 5.74) is 0. The zero-order valence-electron chi connectivity index (χ0n) is 39.7. The van der Waals surface area contributed by atoms with E-state index in [2.05, 4.69) is 31.3 Å². The molecule has 0 saturated heterocycles. The van der Waals surface area contributed by atoms with Crippen molar-refractivity contribution >= 4 is 11.9 Å². The van der Waals surface area contributed by atoms with Crippen molar-refractivity contribution in [2.45, 2.75) is 302 Å². The molecule has 0 aliphatic heterocycles.